The van der Waals surface area contributed by atoms with Gasteiger partial charge in [-0.25, -0.2) is 4.39 Å². The molecule has 3 rings (SSSR count). The van der Waals surface area contributed by atoms with Gasteiger partial charge in [-0.05, 0) is 53.6 Å². The van der Waals surface area contributed by atoms with Crippen LogP contribution in [0.3, 0.4) is 0 Å². The Balaban J connectivity index is 2.07. The number of aryl methyl sites for hydroxylation is 2. The largest absolute Gasteiger partial charge is 0.298 e. The molecule has 18 heavy (non-hydrogen) atoms. The van der Waals surface area contributed by atoms with E-state index in [4.69, 9.17) is 0 Å². The molecule has 0 aliphatic heterocycles. The summed E-state index contributed by atoms with van der Waals surface area (Å²) in [5, 5.41) is 0. The standard InChI is InChI=1S/C16H13FO/c17-16-7-6-14(9-15(16)10-18)13-5-4-11-2-1-3-12(11)8-13/h4-10H,1-3H2. The first-order chi connectivity index (χ1) is 8.78. The summed E-state index contributed by atoms with van der Waals surface area (Å²) >= 11 is 0. The average molecular weight is 240 g/mol. The third-order valence-electron chi connectivity index (χ3n) is 3.55. The van der Waals surface area contributed by atoms with Crippen molar-refractivity contribution in [2.45, 2.75) is 19.3 Å². The Kier molecular flexibility index (Phi) is 2.71. The van der Waals surface area contributed by atoms with Crippen molar-refractivity contribution >= 4 is 6.29 Å². The summed E-state index contributed by atoms with van der Waals surface area (Å²) in [7, 11) is 0. The zero-order valence-electron chi connectivity index (χ0n) is 9.95. The van der Waals surface area contributed by atoms with Gasteiger partial charge >= 0.3 is 0 Å². The van der Waals surface area contributed by atoms with Crippen LogP contribution in [0.2, 0.25) is 0 Å². The van der Waals surface area contributed by atoms with Crippen LogP contribution in [0.15, 0.2) is 36.4 Å². The van der Waals surface area contributed by atoms with Crippen LogP contribution in [0.4, 0.5) is 4.39 Å². The molecule has 0 spiro atoms. The molecule has 0 N–H and O–H groups in total. The van der Waals surface area contributed by atoms with Gasteiger partial charge in [0.1, 0.15) is 5.82 Å². The van der Waals surface area contributed by atoms with Crippen LogP contribution in [0.1, 0.15) is 27.9 Å². The minimum absolute atomic E-state index is 0.119. The quantitative estimate of drug-likeness (QED) is 0.730. The van der Waals surface area contributed by atoms with Crippen molar-refractivity contribution in [1.82, 2.24) is 0 Å². The Morgan fingerprint density at radius 1 is 0.944 bits per heavy atom. The summed E-state index contributed by atoms with van der Waals surface area (Å²) < 4.78 is 13.3. The first-order valence-corrected chi connectivity index (χ1v) is 6.15. The van der Waals surface area contributed by atoms with Crippen LogP contribution in [0, 0.1) is 5.82 Å². The molecule has 0 atom stereocenters. The molecule has 1 aliphatic carbocycles. The molecule has 0 radical (unpaired) electrons. The van der Waals surface area contributed by atoms with E-state index in [1.807, 2.05) is 6.07 Å². The second-order valence-corrected chi connectivity index (χ2v) is 4.69. The van der Waals surface area contributed by atoms with Crippen LogP contribution < -0.4 is 0 Å². The van der Waals surface area contributed by atoms with Gasteiger partial charge in [0, 0.05) is 0 Å². The van der Waals surface area contributed by atoms with Crippen LogP contribution in [-0.2, 0) is 12.8 Å². The fourth-order valence-corrected chi connectivity index (χ4v) is 2.57. The molecule has 0 fully saturated rings. The normalized spacial score (nSPS) is 13.4. The van der Waals surface area contributed by atoms with Crippen molar-refractivity contribution < 1.29 is 9.18 Å². The molecule has 0 aromatic heterocycles. The minimum Gasteiger partial charge on any atom is -0.298 e. The van der Waals surface area contributed by atoms with Crippen molar-refractivity contribution in [3.8, 4) is 11.1 Å². The number of hydrogen-bond donors (Lipinski definition) is 0. The van der Waals surface area contributed by atoms with Crippen molar-refractivity contribution in [3.05, 3.63) is 58.9 Å². The van der Waals surface area contributed by atoms with Gasteiger partial charge in [0.25, 0.3) is 0 Å². The van der Waals surface area contributed by atoms with E-state index >= 15 is 0 Å². The summed E-state index contributed by atoms with van der Waals surface area (Å²) in [6.07, 6.45) is 4.04. The van der Waals surface area contributed by atoms with E-state index in [0.717, 1.165) is 24.0 Å². The van der Waals surface area contributed by atoms with Gasteiger partial charge in [0.15, 0.2) is 6.29 Å². The van der Waals surface area contributed by atoms with Crippen LogP contribution in [-0.4, -0.2) is 6.29 Å². The van der Waals surface area contributed by atoms with E-state index in [2.05, 4.69) is 12.1 Å². The van der Waals surface area contributed by atoms with Crippen molar-refractivity contribution in [2.75, 3.05) is 0 Å². The fraction of sp³-hybridized carbons (Fsp3) is 0.188. The highest BCUT2D eigenvalue weighted by Gasteiger charge is 2.12. The van der Waals surface area contributed by atoms with E-state index < -0.39 is 5.82 Å². The number of carbonyl (C=O) groups excluding carboxylic acids is 1. The van der Waals surface area contributed by atoms with E-state index in [1.54, 1.807) is 12.1 Å². The maximum Gasteiger partial charge on any atom is 0.153 e. The van der Waals surface area contributed by atoms with Gasteiger partial charge < -0.3 is 0 Å². The highest BCUT2D eigenvalue weighted by Crippen LogP contribution is 2.28. The molecule has 0 heterocycles. The van der Waals surface area contributed by atoms with E-state index in [9.17, 15) is 9.18 Å². The third-order valence-corrected chi connectivity index (χ3v) is 3.55. The SMILES string of the molecule is O=Cc1cc(-c2ccc3c(c2)CCC3)ccc1F. The second kappa shape index (κ2) is 4.37. The Morgan fingerprint density at radius 3 is 2.50 bits per heavy atom. The molecule has 0 saturated heterocycles. The van der Waals surface area contributed by atoms with Crippen molar-refractivity contribution in [2.24, 2.45) is 0 Å². The molecule has 1 aliphatic rings. The molecule has 2 heteroatoms. The Hall–Kier alpha value is -1.96. The lowest BCUT2D eigenvalue weighted by molar-refractivity contribution is 0.112. The van der Waals surface area contributed by atoms with Crippen molar-refractivity contribution in [1.29, 1.82) is 0 Å². The lowest BCUT2D eigenvalue weighted by atomic mass is 9.99. The Bertz CT molecular complexity index is 616. The number of benzene rings is 2. The first kappa shape index (κ1) is 11.1. The first-order valence-electron chi connectivity index (χ1n) is 6.15. The molecule has 2 aromatic carbocycles. The van der Waals surface area contributed by atoms with Gasteiger partial charge in [-0.2, -0.15) is 0 Å². The van der Waals surface area contributed by atoms with Gasteiger partial charge in [-0.15, -0.1) is 0 Å². The zero-order valence-corrected chi connectivity index (χ0v) is 9.95. The average Bonchev–Trinajstić information content (AvgIpc) is 2.86. The van der Waals surface area contributed by atoms with Crippen LogP contribution >= 0.6 is 0 Å². The highest BCUT2D eigenvalue weighted by atomic mass is 19.1. The number of aldehydes is 1. The van der Waals surface area contributed by atoms with E-state index in [1.165, 1.54) is 23.6 Å². The molecular formula is C16H13FO. The van der Waals surface area contributed by atoms with Crippen LogP contribution in [0.25, 0.3) is 11.1 Å². The van der Waals surface area contributed by atoms with Crippen molar-refractivity contribution in [3.63, 3.8) is 0 Å². The van der Waals surface area contributed by atoms with Crippen LogP contribution in [0.5, 0.6) is 0 Å². The minimum atomic E-state index is -0.463. The molecule has 1 nitrogen and oxygen atoms in total. The molecular weight excluding hydrogens is 227 g/mol. The number of fused-ring (bicyclic) bond motifs is 1. The summed E-state index contributed by atoms with van der Waals surface area (Å²) in [6.45, 7) is 0. The second-order valence-electron chi connectivity index (χ2n) is 4.69. The maximum atomic E-state index is 13.3. The molecule has 90 valence electrons. The molecule has 2 aromatic rings. The third kappa shape index (κ3) is 1.84. The summed E-state index contributed by atoms with van der Waals surface area (Å²) in [5.41, 5.74) is 4.86. The highest BCUT2D eigenvalue weighted by molar-refractivity contribution is 5.79. The monoisotopic (exact) mass is 240 g/mol. The van der Waals surface area contributed by atoms with Gasteiger partial charge in [0.05, 0.1) is 5.56 Å². The smallest absolute Gasteiger partial charge is 0.153 e. The molecule has 0 amide bonds. The number of halogens is 1. The lowest BCUT2D eigenvalue weighted by Crippen LogP contribution is -1.90. The maximum absolute atomic E-state index is 13.3. The van der Waals surface area contributed by atoms with Gasteiger partial charge in [0.2, 0.25) is 0 Å². The Morgan fingerprint density at radius 2 is 1.67 bits per heavy atom. The van der Waals surface area contributed by atoms with E-state index in [-0.39, 0.29) is 5.56 Å². The molecule has 0 bridgehead atoms. The predicted molar refractivity (Wildman–Crippen MR) is 69.2 cm³/mol. The summed E-state index contributed by atoms with van der Waals surface area (Å²) in [5.74, 6) is -0.463. The topological polar surface area (TPSA) is 17.1 Å². The zero-order chi connectivity index (χ0) is 12.5. The summed E-state index contributed by atoms with van der Waals surface area (Å²) in [4.78, 5) is 10.8. The summed E-state index contributed by atoms with van der Waals surface area (Å²) in [6, 6.07) is 11.0. The van der Waals surface area contributed by atoms with E-state index in [0.29, 0.717) is 6.29 Å². The number of carbonyl (C=O) groups is 1. The molecule has 0 unspecified atom stereocenters. The lowest BCUT2D eigenvalue weighted by Gasteiger charge is -2.06. The number of rotatable bonds is 2. The Labute approximate surface area is 105 Å². The van der Waals surface area contributed by atoms with Gasteiger partial charge in [-0.1, -0.05) is 24.3 Å². The van der Waals surface area contributed by atoms with Gasteiger partial charge in [-0.3, -0.25) is 4.79 Å². The predicted octanol–water partition coefficient (Wildman–Crippen LogP) is 3.79. The number of hydrogen-bond acceptors (Lipinski definition) is 1. The fourth-order valence-electron chi connectivity index (χ4n) is 2.57. The molecule has 0 saturated carbocycles.